The number of nitrogens with two attached hydrogens (primary N) is 1. The maximum Gasteiger partial charge on any atom is 0.0346 e. The molecule has 0 heterocycles. The number of benzene rings is 1. The van der Waals surface area contributed by atoms with Crippen molar-refractivity contribution in [2.45, 2.75) is 57.5 Å². The predicted molar refractivity (Wildman–Crippen MR) is 82.2 cm³/mol. The van der Waals surface area contributed by atoms with Crippen LogP contribution in [-0.2, 0) is 6.42 Å². The summed E-state index contributed by atoms with van der Waals surface area (Å²) in [4.78, 5) is 2.68. The van der Waals surface area contributed by atoms with Gasteiger partial charge in [-0.2, -0.15) is 0 Å². The molecule has 1 atom stereocenters. The summed E-state index contributed by atoms with van der Waals surface area (Å²) in [6.45, 7) is 6.54. The summed E-state index contributed by atoms with van der Waals surface area (Å²) in [6.07, 6.45) is 6.31. The van der Waals surface area contributed by atoms with E-state index in [9.17, 15) is 0 Å². The zero-order valence-electron chi connectivity index (χ0n) is 12.4. The fraction of sp³-hybridized carbons (Fsp3) is 0.647. The lowest BCUT2D eigenvalue weighted by molar-refractivity contribution is 0.0985. The normalized spacial score (nSPS) is 18.5. The third-order valence-electron chi connectivity index (χ3n) is 4.30. The third-order valence-corrected chi connectivity index (χ3v) is 4.30. The van der Waals surface area contributed by atoms with Gasteiger partial charge in [-0.05, 0) is 44.7 Å². The van der Waals surface area contributed by atoms with Gasteiger partial charge in [0.05, 0.1) is 0 Å². The Hall–Kier alpha value is -0.860. The van der Waals surface area contributed by atoms with Crippen molar-refractivity contribution in [3.05, 3.63) is 35.9 Å². The Morgan fingerprint density at radius 1 is 1.26 bits per heavy atom. The largest absolute Gasteiger partial charge is 0.329 e. The fourth-order valence-electron chi connectivity index (χ4n) is 2.93. The number of hydrogen-bond donors (Lipinski definition) is 1. The fourth-order valence-corrected chi connectivity index (χ4v) is 2.93. The van der Waals surface area contributed by atoms with E-state index in [-0.39, 0.29) is 5.54 Å². The molecular formula is C17H28N2. The van der Waals surface area contributed by atoms with Gasteiger partial charge in [0, 0.05) is 18.1 Å². The van der Waals surface area contributed by atoms with Gasteiger partial charge in [-0.3, -0.25) is 4.90 Å². The number of rotatable bonds is 8. The highest BCUT2D eigenvalue weighted by Gasteiger charge is 2.39. The number of hydrogen-bond acceptors (Lipinski definition) is 2. The summed E-state index contributed by atoms with van der Waals surface area (Å²) >= 11 is 0. The molecule has 1 unspecified atom stereocenters. The molecule has 0 saturated heterocycles. The summed E-state index contributed by atoms with van der Waals surface area (Å²) in [6, 6.07) is 11.6. The van der Waals surface area contributed by atoms with E-state index in [2.05, 4.69) is 49.1 Å². The quantitative estimate of drug-likeness (QED) is 0.777. The second-order valence-corrected chi connectivity index (χ2v) is 6.14. The molecule has 106 valence electrons. The van der Waals surface area contributed by atoms with Gasteiger partial charge >= 0.3 is 0 Å². The van der Waals surface area contributed by atoms with Crippen LogP contribution in [0.15, 0.2) is 30.3 Å². The molecule has 1 saturated carbocycles. The van der Waals surface area contributed by atoms with Crippen molar-refractivity contribution in [3.63, 3.8) is 0 Å². The van der Waals surface area contributed by atoms with E-state index in [1.807, 2.05) is 0 Å². The van der Waals surface area contributed by atoms with Crippen molar-refractivity contribution in [3.8, 4) is 0 Å². The van der Waals surface area contributed by atoms with Crippen LogP contribution < -0.4 is 5.73 Å². The molecule has 0 bridgehead atoms. The third kappa shape index (κ3) is 3.80. The van der Waals surface area contributed by atoms with Gasteiger partial charge in [-0.25, -0.2) is 0 Å². The molecule has 0 aromatic heterocycles. The molecule has 1 aromatic carbocycles. The van der Waals surface area contributed by atoms with Gasteiger partial charge in [0.25, 0.3) is 0 Å². The van der Waals surface area contributed by atoms with E-state index in [0.29, 0.717) is 0 Å². The Balaban J connectivity index is 2.09. The first-order valence-corrected chi connectivity index (χ1v) is 7.70. The van der Waals surface area contributed by atoms with E-state index in [1.54, 1.807) is 0 Å². The van der Waals surface area contributed by atoms with E-state index >= 15 is 0 Å². The summed E-state index contributed by atoms with van der Waals surface area (Å²) < 4.78 is 0. The predicted octanol–water partition coefficient (Wildman–Crippen LogP) is 3.21. The molecule has 1 fully saturated rings. The monoisotopic (exact) mass is 260 g/mol. The lowest BCUT2D eigenvalue weighted by atomic mass is 9.90. The minimum Gasteiger partial charge on any atom is -0.329 e. The Morgan fingerprint density at radius 3 is 2.47 bits per heavy atom. The standard InChI is InChI=1S/C17H28N2/c1-3-4-12-19(16-10-11-16)17(2,14-18)13-15-8-6-5-7-9-15/h5-9,16H,3-4,10-14,18H2,1-2H3. The smallest absolute Gasteiger partial charge is 0.0346 e. The van der Waals surface area contributed by atoms with Crippen LogP contribution >= 0.6 is 0 Å². The molecule has 0 amide bonds. The van der Waals surface area contributed by atoms with Crippen LogP contribution in [0.25, 0.3) is 0 Å². The Bertz CT molecular complexity index is 372. The first-order valence-electron chi connectivity index (χ1n) is 7.70. The van der Waals surface area contributed by atoms with Crippen LogP contribution in [0.4, 0.5) is 0 Å². The summed E-state index contributed by atoms with van der Waals surface area (Å²) in [5, 5.41) is 0. The molecular weight excluding hydrogens is 232 g/mol. The molecule has 0 radical (unpaired) electrons. The molecule has 1 aliphatic rings. The number of unbranched alkanes of at least 4 members (excludes halogenated alkanes) is 1. The highest BCUT2D eigenvalue weighted by molar-refractivity contribution is 5.18. The summed E-state index contributed by atoms with van der Waals surface area (Å²) in [7, 11) is 0. The van der Waals surface area contributed by atoms with Crippen LogP contribution in [0.2, 0.25) is 0 Å². The second-order valence-electron chi connectivity index (χ2n) is 6.14. The Kier molecular flexibility index (Phi) is 5.00. The van der Waals surface area contributed by atoms with Gasteiger partial charge < -0.3 is 5.73 Å². The van der Waals surface area contributed by atoms with Crippen LogP contribution in [0, 0.1) is 0 Å². The van der Waals surface area contributed by atoms with Crippen LogP contribution in [0.3, 0.4) is 0 Å². The van der Waals surface area contributed by atoms with E-state index in [0.717, 1.165) is 19.0 Å². The number of nitrogens with zero attached hydrogens (tertiary/aromatic N) is 1. The van der Waals surface area contributed by atoms with Crippen molar-refractivity contribution < 1.29 is 0 Å². The van der Waals surface area contributed by atoms with E-state index in [1.165, 1.54) is 37.8 Å². The van der Waals surface area contributed by atoms with Crippen molar-refractivity contribution in [1.82, 2.24) is 4.90 Å². The average molecular weight is 260 g/mol. The molecule has 2 heteroatoms. The van der Waals surface area contributed by atoms with Gasteiger partial charge in [0.1, 0.15) is 0 Å². The maximum absolute atomic E-state index is 6.15. The Labute approximate surface area is 118 Å². The van der Waals surface area contributed by atoms with Crippen LogP contribution in [-0.4, -0.2) is 29.6 Å². The first kappa shape index (κ1) is 14.5. The molecule has 1 aromatic rings. The lowest BCUT2D eigenvalue weighted by Crippen LogP contribution is -2.54. The zero-order chi connectivity index (χ0) is 13.7. The minimum atomic E-state index is 0.109. The van der Waals surface area contributed by atoms with E-state index < -0.39 is 0 Å². The molecule has 19 heavy (non-hydrogen) atoms. The maximum atomic E-state index is 6.15. The minimum absolute atomic E-state index is 0.109. The second kappa shape index (κ2) is 6.53. The van der Waals surface area contributed by atoms with Gasteiger partial charge in [0.2, 0.25) is 0 Å². The van der Waals surface area contributed by atoms with Gasteiger partial charge in [-0.15, -0.1) is 0 Å². The molecule has 2 nitrogen and oxygen atoms in total. The molecule has 1 aliphatic carbocycles. The molecule has 0 aliphatic heterocycles. The SMILES string of the molecule is CCCCN(C1CC1)C(C)(CN)Cc1ccccc1. The highest BCUT2D eigenvalue weighted by atomic mass is 15.2. The topological polar surface area (TPSA) is 29.3 Å². The van der Waals surface area contributed by atoms with Crippen LogP contribution in [0.1, 0.15) is 45.1 Å². The van der Waals surface area contributed by atoms with E-state index in [4.69, 9.17) is 5.73 Å². The summed E-state index contributed by atoms with van der Waals surface area (Å²) in [5.41, 5.74) is 7.66. The average Bonchev–Trinajstić information content (AvgIpc) is 3.25. The lowest BCUT2D eigenvalue weighted by Gasteiger charge is -2.41. The Morgan fingerprint density at radius 2 is 1.95 bits per heavy atom. The first-order chi connectivity index (χ1) is 9.19. The molecule has 2 N–H and O–H groups in total. The summed E-state index contributed by atoms with van der Waals surface area (Å²) in [5.74, 6) is 0. The van der Waals surface area contributed by atoms with Crippen molar-refractivity contribution in [1.29, 1.82) is 0 Å². The molecule has 0 spiro atoms. The van der Waals surface area contributed by atoms with Crippen molar-refractivity contribution in [2.24, 2.45) is 5.73 Å². The van der Waals surface area contributed by atoms with Crippen molar-refractivity contribution >= 4 is 0 Å². The van der Waals surface area contributed by atoms with Gasteiger partial charge in [0.15, 0.2) is 0 Å². The van der Waals surface area contributed by atoms with Crippen molar-refractivity contribution in [2.75, 3.05) is 13.1 Å². The molecule has 2 rings (SSSR count). The highest BCUT2D eigenvalue weighted by Crippen LogP contribution is 2.34. The van der Waals surface area contributed by atoms with Gasteiger partial charge in [-0.1, -0.05) is 43.7 Å². The van der Waals surface area contributed by atoms with Crippen LogP contribution in [0.5, 0.6) is 0 Å². The zero-order valence-corrected chi connectivity index (χ0v) is 12.4.